The van der Waals surface area contributed by atoms with Crippen LogP contribution in [0.3, 0.4) is 0 Å². The van der Waals surface area contributed by atoms with Gasteiger partial charge in [0.15, 0.2) is 0 Å². The number of rotatable bonds is 4. The lowest BCUT2D eigenvalue weighted by Gasteiger charge is -2.29. The van der Waals surface area contributed by atoms with Gasteiger partial charge in [0.05, 0.1) is 12.3 Å². The fourth-order valence-electron chi connectivity index (χ4n) is 3.61. The Bertz CT molecular complexity index is 1030. The summed E-state index contributed by atoms with van der Waals surface area (Å²) in [6.07, 6.45) is 0. The van der Waals surface area contributed by atoms with Crippen LogP contribution in [0.5, 0.6) is 0 Å². The number of anilines is 2. The summed E-state index contributed by atoms with van der Waals surface area (Å²) in [5.74, 6) is -0.632. The summed E-state index contributed by atoms with van der Waals surface area (Å²) in [6, 6.07) is 16.5. The molecule has 0 atom stereocenters. The molecule has 136 valence electrons. The van der Waals surface area contributed by atoms with E-state index in [2.05, 4.69) is 0 Å². The van der Waals surface area contributed by atoms with E-state index < -0.39 is 0 Å². The Balaban J connectivity index is 1.91. The van der Waals surface area contributed by atoms with Crippen LogP contribution in [-0.2, 0) is 0 Å². The van der Waals surface area contributed by atoms with E-state index in [1.165, 1.54) is 4.90 Å². The lowest BCUT2D eigenvalue weighted by molar-refractivity contribution is 0.0893. The number of likely N-dealkylation sites (N-methyl/N-ethyl adjacent to an activating group) is 1. The number of amides is 2. The quantitative estimate of drug-likeness (QED) is 0.725. The summed E-state index contributed by atoms with van der Waals surface area (Å²) in [7, 11) is 1.88. The molecule has 0 fully saturated rings. The second-order valence-electron chi connectivity index (χ2n) is 6.79. The second kappa shape index (κ2) is 6.52. The third kappa shape index (κ3) is 2.67. The van der Waals surface area contributed by atoms with Crippen LogP contribution in [0.2, 0.25) is 0 Å². The summed E-state index contributed by atoms with van der Waals surface area (Å²) >= 11 is 0. The minimum atomic E-state index is -0.316. The molecule has 1 heterocycles. The minimum absolute atomic E-state index is 0.0263. The number of nitrogens with zero attached hydrogens (tertiary/aromatic N) is 2. The van der Waals surface area contributed by atoms with Crippen molar-refractivity contribution in [3.05, 3.63) is 71.3 Å². The van der Waals surface area contributed by atoms with Gasteiger partial charge in [-0.15, -0.1) is 0 Å². The van der Waals surface area contributed by atoms with Crippen LogP contribution in [0.25, 0.3) is 10.8 Å². The number of carbonyl (C=O) groups is 2. The Hall–Kier alpha value is -3.18. The van der Waals surface area contributed by atoms with Gasteiger partial charge in [-0.2, -0.15) is 0 Å². The SMILES string of the molecule is Cc1ccc(N2C(=O)c3cccc4c(N(C)CCO)ccc(c34)C2=O)cc1. The highest BCUT2D eigenvalue weighted by Gasteiger charge is 2.34. The van der Waals surface area contributed by atoms with Crippen LogP contribution in [0.1, 0.15) is 26.3 Å². The molecule has 1 aliphatic rings. The van der Waals surface area contributed by atoms with Crippen LogP contribution in [0, 0.1) is 6.92 Å². The predicted octanol–water partition coefficient (Wildman–Crippen LogP) is 3.38. The Morgan fingerprint density at radius 3 is 2.26 bits per heavy atom. The zero-order chi connectivity index (χ0) is 19.1. The molecule has 27 heavy (non-hydrogen) atoms. The Labute approximate surface area is 157 Å². The van der Waals surface area contributed by atoms with Gasteiger partial charge in [-0.3, -0.25) is 9.59 Å². The van der Waals surface area contributed by atoms with Crippen LogP contribution in [0.4, 0.5) is 11.4 Å². The molecule has 1 aliphatic heterocycles. The minimum Gasteiger partial charge on any atom is -0.395 e. The van der Waals surface area contributed by atoms with E-state index in [1.807, 2.05) is 49.2 Å². The molecule has 1 N–H and O–H groups in total. The van der Waals surface area contributed by atoms with Crippen LogP contribution in [-0.4, -0.2) is 37.1 Å². The molecule has 3 aromatic rings. The maximum Gasteiger partial charge on any atom is 0.265 e. The lowest BCUT2D eigenvalue weighted by Crippen LogP contribution is -2.40. The molecule has 5 heteroatoms. The second-order valence-corrected chi connectivity index (χ2v) is 6.79. The van der Waals surface area contributed by atoms with E-state index in [-0.39, 0.29) is 18.4 Å². The average molecular weight is 360 g/mol. The van der Waals surface area contributed by atoms with Gasteiger partial charge < -0.3 is 10.0 Å². The maximum atomic E-state index is 13.2. The number of hydrogen-bond acceptors (Lipinski definition) is 4. The van der Waals surface area contributed by atoms with Gasteiger partial charge in [-0.1, -0.05) is 29.8 Å². The van der Waals surface area contributed by atoms with Crippen molar-refractivity contribution in [2.45, 2.75) is 6.92 Å². The first-order chi connectivity index (χ1) is 13.0. The van der Waals surface area contributed by atoms with Crippen molar-refractivity contribution in [3.63, 3.8) is 0 Å². The van der Waals surface area contributed by atoms with Crippen molar-refractivity contribution in [2.24, 2.45) is 0 Å². The topological polar surface area (TPSA) is 60.9 Å². The normalized spacial score (nSPS) is 13.4. The summed E-state index contributed by atoms with van der Waals surface area (Å²) in [5.41, 5.74) is 3.55. The molecule has 0 unspecified atom stereocenters. The number of imide groups is 1. The van der Waals surface area contributed by atoms with Crippen LogP contribution >= 0.6 is 0 Å². The molecule has 2 amide bonds. The fraction of sp³-hybridized carbons (Fsp3) is 0.182. The molecule has 0 radical (unpaired) electrons. The summed E-state index contributed by atoms with van der Waals surface area (Å²) < 4.78 is 0. The van der Waals surface area contributed by atoms with Crippen LogP contribution in [0.15, 0.2) is 54.6 Å². The molecule has 0 saturated heterocycles. The monoisotopic (exact) mass is 360 g/mol. The molecule has 0 bridgehead atoms. The van der Waals surface area contributed by atoms with Gasteiger partial charge in [0.25, 0.3) is 11.8 Å². The van der Waals surface area contributed by atoms with Crippen molar-refractivity contribution >= 4 is 34.0 Å². The van der Waals surface area contributed by atoms with Gasteiger partial charge in [-0.25, -0.2) is 4.90 Å². The third-order valence-electron chi connectivity index (χ3n) is 5.02. The molecular formula is C22H20N2O3. The molecular weight excluding hydrogens is 340 g/mol. The molecule has 3 aromatic carbocycles. The standard InChI is InChI=1S/C22H20N2O3/c1-14-6-8-15(9-7-14)24-21(26)17-5-3-4-16-19(23(2)12-13-25)11-10-18(20(16)17)22(24)27/h3-11,25H,12-13H2,1-2H3. The van der Waals surface area contributed by atoms with E-state index >= 15 is 0 Å². The van der Waals surface area contributed by atoms with Crippen molar-refractivity contribution in [1.82, 2.24) is 0 Å². The van der Waals surface area contributed by atoms with E-state index in [9.17, 15) is 14.7 Å². The first-order valence-electron chi connectivity index (χ1n) is 8.86. The van der Waals surface area contributed by atoms with Gasteiger partial charge in [0.2, 0.25) is 0 Å². The highest BCUT2D eigenvalue weighted by atomic mass is 16.3. The zero-order valence-electron chi connectivity index (χ0n) is 15.3. The summed E-state index contributed by atoms with van der Waals surface area (Å²) in [5, 5.41) is 10.8. The zero-order valence-corrected chi connectivity index (χ0v) is 15.3. The number of aliphatic hydroxyl groups excluding tert-OH is 1. The van der Waals surface area contributed by atoms with E-state index in [1.54, 1.807) is 24.3 Å². The Morgan fingerprint density at radius 2 is 1.59 bits per heavy atom. The van der Waals surface area contributed by atoms with Crippen molar-refractivity contribution < 1.29 is 14.7 Å². The Kier molecular flexibility index (Phi) is 4.16. The molecule has 0 spiro atoms. The average Bonchev–Trinajstić information content (AvgIpc) is 2.67. The first kappa shape index (κ1) is 17.2. The summed E-state index contributed by atoms with van der Waals surface area (Å²) in [6.45, 7) is 2.46. The largest absolute Gasteiger partial charge is 0.395 e. The summed E-state index contributed by atoms with van der Waals surface area (Å²) in [4.78, 5) is 29.5. The van der Waals surface area contributed by atoms with Gasteiger partial charge in [0, 0.05) is 41.2 Å². The highest BCUT2D eigenvalue weighted by molar-refractivity contribution is 6.36. The van der Waals surface area contributed by atoms with E-state index in [0.29, 0.717) is 28.7 Å². The third-order valence-corrected chi connectivity index (χ3v) is 5.02. The smallest absolute Gasteiger partial charge is 0.265 e. The Morgan fingerprint density at radius 1 is 0.926 bits per heavy atom. The van der Waals surface area contributed by atoms with E-state index in [0.717, 1.165) is 16.6 Å². The lowest BCUT2D eigenvalue weighted by atomic mass is 9.92. The van der Waals surface area contributed by atoms with Gasteiger partial charge in [0.1, 0.15) is 0 Å². The van der Waals surface area contributed by atoms with Crippen LogP contribution < -0.4 is 9.80 Å². The highest BCUT2D eigenvalue weighted by Crippen LogP contribution is 2.37. The van der Waals surface area contributed by atoms with Gasteiger partial charge >= 0.3 is 0 Å². The van der Waals surface area contributed by atoms with Crippen molar-refractivity contribution in [2.75, 3.05) is 30.0 Å². The number of aryl methyl sites for hydroxylation is 1. The number of carbonyl (C=O) groups excluding carboxylic acids is 2. The molecule has 0 aromatic heterocycles. The maximum absolute atomic E-state index is 13.2. The van der Waals surface area contributed by atoms with Crippen molar-refractivity contribution in [3.8, 4) is 0 Å². The number of benzene rings is 3. The van der Waals surface area contributed by atoms with Crippen molar-refractivity contribution in [1.29, 1.82) is 0 Å². The molecule has 0 aliphatic carbocycles. The molecule has 4 rings (SSSR count). The molecule has 0 saturated carbocycles. The first-order valence-corrected chi connectivity index (χ1v) is 8.86. The number of hydrogen-bond donors (Lipinski definition) is 1. The predicted molar refractivity (Wildman–Crippen MR) is 107 cm³/mol. The number of aliphatic hydroxyl groups is 1. The fourth-order valence-corrected chi connectivity index (χ4v) is 3.61. The van der Waals surface area contributed by atoms with Gasteiger partial charge in [-0.05, 0) is 37.3 Å². The molecule has 5 nitrogen and oxygen atoms in total. The van der Waals surface area contributed by atoms with E-state index in [4.69, 9.17) is 0 Å².